The Hall–Kier alpha value is -2.41. The summed E-state index contributed by atoms with van der Waals surface area (Å²) in [4.78, 5) is 19.7. The van der Waals surface area contributed by atoms with E-state index in [2.05, 4.69) is 9.88 Å². The quantitative estimate of drug-likeness (QED) is 0.781. The van der Waals surface area contributed by atoms with Crippen LogP contribution in [0.25, 0.3) is 11.1 Å². The molecule has 0 N–H and O–H groups in total. The molecule has 1 aromatic heterocycles. The molecule has 0 bridgehead atoms. The lowest BCUT2D eigenvalue weighted by molar-refractivity contribution is -0.141. The minimum absolute atomic E-state index is 0.120. The first-order chi connectivity index (χ1) is 12.2. The lowest BCUT2D eigenvalue weighted by atomic mass is 10.0. The van der Waals surface area contributed by atoms with Gasteiger partial charge in [0.05, 0.1) is 0 Å². The van der Waals surface area contributed by atoms with Crippen molar-refractivity contribution in [3.63, 3.8) is 0 Å². The van der Waals surface area contributed by atoms with Crippen molar-refractivity contribution < 1.29 is 18.0 Å². The zero-order valence-electron chi connectivity index (χ0n) is 15.0. The molecule has 26 heavy (non-hydrogen) atoms. The smallest absolute Gasteiger partial charge is 0.342 e. The molecule has 4 nitrogen and oxygen atoms in total. The predicted octanol–water partition coefficient (Wildman–Crippen LogP) is 3.79. The third kappa shape index (κ3) is 5.29. The van der Waals surface area contributed by atoms with Crippen LogP contribution in [0.2, 0.25) is 0 Å². The average Bonchev–Trinajstić information content (AvgIpc) is 2.60. The lowest BCUT2D eigenvalue weighted by Gasteiger charge is -2.19. The Morgan fingerprint density at radius 2 is 1.77 bits per heavy atom. The minimum Gasteiger partial charge on any atom is -0.342 e. The molecular weight excluding hydrogens is 343 g/mol. The molecule has 0 saturated carbocycles. The predicted molar refractivity (Wildman–Crippen MR) is 94.8 cm³/mol. The van der Waals surface area contributed by atoms with Crippen molar-refractivity contribution in [1.82, 2.24) is 14.8 Å². The highest BCUT2D eigenvalue weighted by atomic mass is 19.4. The number of amides is 1. The number of carbonyl (C=O) groups is 1. The van der Waals surface area contributed by atoms with Gasteiger partial charge in [-0.25, -0.2) is 0 Å². The van der Waals surface area contributed by atoms with Gasteiger partial charge in [0.2, 0.25) is 0 Å². The van der Waals surface area contributed by atoms with Gasteiger partial charge >= 0.3 is 6.18 Å². The van der Waals surface area contributed by atoms with Crippen LogP contribution in [0.4, 0.5) is 13.2 Å². The van der Waals surface area contributed by atoms with Crippen LogP contribution in [0.1, 0.15) is 22.5 Å². The van der Waals surface area contributed by atoms with E-state index in [1.54, 1.807) is 36.2 Å². The fourth-order valence-electron chi connectivity index (χ4n) is 2.51. The van der Waals surface area contributed by atoms with E-state index < -0.39 is 11.9 Å². The Kier molecular flexibility index (Phi) is 6.37. The Balaban J connectivity index is 2.13. The van der Waals surface area contributed by atoms with Crippen LogP contribution in [-0.4, -0.2) is 54.9 Å². The van der Waals surface area contributed by atoms with Crippen molar-refractivity contribution in [1.29, 1.82) is 0 Å². The summed E-state index contributed by atoms with van der Waals surface area (Å²) < 4.78 is 37.9. The van der Waals surface area contributed by atoms with E-state index in [9.17, 15) is 18.0 Å². The second-order valence-electron chi connectivity index (χ2n) is 6.39. The van der Waals surface area contributed by atoms with Gasteiger partial charge in [0.15, 0.2) is 0 Å². The van der Waals surface area contributed by atoms with Gasteiger partial charge in [0.1, 0.15) is 5.69 Å². The number of alkyl halides is 3. The third-order valence-electron chi connectivity index (χ3n) is 3.94. The lowest BCUT2D eigenvalue weighted by Crippen LogP contribution is -2.29. The van der Waals surface area contributed by atoms with Crippen molar-refractivity contribution in [2.24, 2.45) is 0 Å². The largest absolute Gasteiger partial charge is 0.433 e. The monoisotopic (exact) mass is 365 g/mol. The fraction of sp³-hybridized carbons (Fsp3) is 0.368. The Morgan fingerprint density at radius 1 is 1.04 bits per heavy atom. The van der Waals surface area contributed by atoms with E-state index in [0.717, 1.165) is 19.0 Å². The van der Waals surface area contributed by atoms with E-state index in [-0.39, 0.29) is 5.91 Å². The van der Waals surface area contributed by atoms with Crippen molar-refractivity contribution in [3.05, 3.63) is 53.9 Å². The fourth-order valence-corrected chi connectivity index (χ4v) is 2.51. The highest BCUT2D eigenvalue weighted by molar-refractivity contribution is 5.95. The normalized spacial score (nSPS) is 11.7. The van der Waals surface area contributed by atoms with E-state index >= 15 is 0 Å². The van der Waals surface area contributed by atoms with E-state index in [4.69, 9.17) is 0 Å². The molecule has 0 radical (unpaired) electrons. The number of hydrogen-bond acceptors (Lipinski definition) is 3. The second kappa shape index (κ2) is 8.31. The van der Waals surface area contributed by atoms with Crippen LogP contribution in [0.15, 0.2) is 42.6 Å². The summed E-state index contributed by atoms with van der Waals surface area (Å²) in [5.74, 6) is -0.120. The molecule has 0 aliphatic rings. The topological polar surface area (TPSA) is 36.4 Å². The van der Waals surface area contributed by atoms with Gasteiger partial charge in [-0.3, -0.25) is 9.78 Å². The molecule has 1 amide bonds. The molecule has 0 fully saturated rings. The van der Waals surface area contributed by atoms with Gasteiger partial charge in [-0.05, 0) is 50.8 Å². The molecule has 0 aliphatic heterocycles. The van der Waals surface area contributed by atoms with Crippen LogP contribution in [0, 0.1) is 0 Å². The number of rotatable bonds is 6. The second-order valence-corrected chi connectivity index (χ2v) is 6.39. The first-order valence-corrected chi connectivity index (χ1v) is 8.22. The van der Waals surface area contributed by atoms with Crippen LogP contribution < -0.4 is 0 Å². The number of halogens is 3. The maximum atomic E-state index is 12.6. The van der Waals surface area contributed by atoms with E-state index in [1.165, 1.54) is 12.3 Å². The number of nitrogens with zero attached hydrogens (tertiary/aromatic N) is 3. The molecule has 0 saturated heterocycles. The summed E-state index contributed by atoms with van der Waals surface area (Å²) >= 11 is 0. The standard InChI is InChI=1S/C19H22F3N3O/c1-24(2)10-5-11-25(3)18(26)15-7-4-6-14(12-15)16-8-9-17(23-13-16)19(20,21)22/h4,6-9,12-13H,5,10-11H2,1-3H3. The molecule has 2 rings (SSSR count). The van der Waals surface area contributed by atoms with Crippen molar-refractivity contribution in [3.8, 4) is 11.1 Å². The highest BCUT2D eigenvalue weighted by Gasteiger charge is 2.32. The number of carbonyl (C=O) groups excluding carboxylic acids is 1. The molecule has 7 heteroatoms. The maximum Gasteiger partial charge on any atom is 0.433 e. The first kappa shape index (κ1) is 19.9. The number of pyridine rings is 1. The van der Waals surface area contributed by atoms with Gasteiger partial charge in [0, 0.05) is 30.9 Å². The van der Waals surface area contributed by atoms with Crippen molar-refractivity contribution >= 4 is 5.91 Å². The Labute approximate surface area is 151 Å². The van der Waals surface area contributed by atoms with Gasteiger partial charge in [-0.1, -0.05) is 18.2 Å². The SMILES string of the molecule is CN(C)CCCN(C)C(=O)c1cccc(-c2ccc(C(F)(F)F)nc2)c1. The molecule has 2 aromatic rings. The van der Waals surface area contributed by atoms with Crippen LogP contribution >= 0.6 is 0 Å². The molecule has 0 unspecified atom stereocenters. The van der Waals surface area contributed by atoms with Crippen molar-refractivity contribution in [2.75, 3.05) is 34.2 Å². The number of hydrogen-bond donors (Lipinski definition) is 0. The molecule has 1 aromatic carbocycles. The van der Waals surface area contributed by atoms with Crippen LogP contribution in [0.5, 0.6) is 0 Å². The molecule has 1 heterocycles. The minimum atomic E-state index is -4.47. The summed E-state index contributed by atoms with van der Waals surface area (Å²) in [6.07, 6.45) is -2.43. The van der Waals surface area contributed by atoms with Crippen LogP contribution in [-0.2, 0) is 6.18 Å². The summed E-state index contributed by atoms with van der Waals surface area (Å²) in [5.41, 5.74) is 0.741. The van der Waals surface area contributed by atoms with E-state index in [0.29, 0.717) is 23.2 Å². The van der Waals surface area contributed by atoms with Crippen LogP contribution in [0.3, 0.4) is 0 Å². The average molecular weight is 365 g/mol. The summed E-state index contributed by atoms with van der Waals surface area (Å²) in [5, 5.41) is 0. The number of benzene rings is 1. The summed E-state index contributed by atoms with van der Waals surface area (Å²) in [6.45, 7) is 1.51. The van der Waals surface area contributed by atoms with Gasteiger partial charge < -0.3 is 9.80 Å². The highest BCUT2D eigenvalue weighted by Crippen LogP contribution is 2.29. The molecule has 0 atom stereocenters. The molecule has 0 spiro atoms. The van der Waals surface area contributed by atoms with Crippen molar-refractivity contribution in [2.45, 2.75) is 12.6 Å². The Bertz CT molecular complexity index is 742. The molecule has 140 valence electrons. The van der Waals surface area contributed by atoms with Gasteiger partial charge in [-0.15, -0.1) is 0 Å². The summed E-state index contributed by atoms with van der Waals surface area (Å²) in [6, 6.07) is 9.14. The number of aromatic nitrogens is 1. The zero-order valence-corrected chi connectivity index (χ0v) is 15.0. The van der Waals surface area contributed by atoms with E-state index in [1.807, 2.05) is 14.1 Å². The van der Waals surface area contributed by atoms with Gasteiger partial charge in [-0.2, -0.15) is 13.2 Å². The zero-order chi connectivity index (χ0) is 19.3. The van der Waals surface area contributed by atoms with Gasteiger partial charge in [0.25, 0.3) is 5.91 Å². The molecule has 0 aliphatic carbocycles. The maximum absolute atomic E-state index is 12.6. The molecular formula is C19H22F3N3O. The Morgan fingerprint density at radius 3 is 2.35 bits per heavy atom. The summed E-state index contributed by atoms with van der Waals surface area (Å²) in [7, 11) is 5.69. The third-order valence-corrected chi connectivity index (χ3v) is 3.94. The first-order valence-electron chi connectivity index (χ1n) is 8.22.